The van der Waals surface area contributed by atoms with Gasteiger partial charge in [-0.15, -0.1) is 24.3 Å². The van der Waals surface area contributed by atoms with Crippen LogP contribution in [-0.2, 0) is 42.7 Å². The normalized spacial score (nSPS) is 12.5. The Labute approximate surface area is 377 Å². The molecule has 5 heteroatoms. The van der Waals surface area contributed by atoms with Crippen LogP contribution in [0.25, 0.3) is 72.4 Å². The zero-order chi connectivity index (χ0) is 42.9. The minimum Gasteiger partial charge on any atom is -0.507 e. The number of fused-ring (bicyclic) bond motifs is 3. The first-order valence-electron chi connectivity index (χ1n) is 21.2. The fourth-order valence-electron chi connectivity index (χ4n) is 8.03. The second-order valence-corrected chi connectivity index (χ2v) is 20.6. The van der Waals surface area contributed by atoms with Gasteiger partial charge in [0.25, 0.3) is 0 Å². The van der Waals surface area contributed by atoms with Crippen LogP contribution in [0.5, 0.6) is 5.75 Å². The van der Waals surface area contributed by atoms with Crippen LogP contribution in [0.4, 0.5) is 0 Å². The molecule has 4 nitrogen and oxygen atoms in total. The van der Waals surface area contributed by atoms with Gasteiger partial charge in [0.05, 0.1) is 16.7 Å². The SMILES string of the molecule is CC(C)(C)c1cc(-c2cc(-c3[c-]c(-c4cc(-n5c6ccc(C(C)(C)C)cc6c6cc(C(C)(C)C)ccc65)ccn4)ccc3)nc(-c3ccccc3O)c2)cc(C(C)(C)C)c1.[Pt]. The summed E-state index contributed by atoms with van der Waals surface area (Å²) in [5.74, 6) is 0.194. The van der Waals surface area contributed by atoms with E-state index in [4.69, 9.17) is 9.97 Å². The number of phenols is 1. The van der Waals surface area contributed by atoms with Gasteiger partial charge in [-0.2, -0.15) is 0 Å². The number of rotatable bonds is 5. The molecule has 0 fully saturated rings. The van der Waals surface area contributed by atoms with Crippen LogP contribution >= 0.6 is 0 Å². The first-order chi connectivity index (χ1) is 28.1. The third-order valence-electron chi connectivity index (χ3n) is 11.8. The van der Waals surface area contributed by atoms with E-state index in [-0.39, 0.29) is 48.5 Å². The Hall–Kier alpha value is -5.31. The van der Waals surface area contributed by atoms with Gasteiger partial charge < -0.3 is 9.67 Å². The Morgan fingerprint density at radius 2 is 0.984 bits per heavy atom. The van der Waals surface area contributed by atoms with Crippen LogP contribution in [-0.4, -0.2) is 19.6 Å². The van der Waals surface area contributed by atoms with Crippen LogP contribution in [0, 0.1) is 6.07 Å². The molecule has 0 atom stereocenters. The summed E-state index contributed by atoms with van der Waals surface area (Å²) in [6.45, 7) is 27.2. The fourth-order valence-corrected chi connectivity index (χ4v) is 8.03. The van der Waals surface area contributed by atoms with Gasteiger partial charge in [-0.1, -0.05) is 143 Å². The molecular formula is C56H58N3OPt-. The third-order valence-corrected chi connectivity index (χ3v) is 11.8. The molecule has 0 aliphatic carbocycles. The monoisotopic (exact) mass is 983 g/mol. The van der Waals surface area contributed by atoms with Gasteiger partial charge in [0.15, 0.2) is 0 Å². The van der Waals surface area contributed by atoms with Gasteiger partial charge >= 0.3 is 0 Å². The van der Waals surface area contributed by atoms with E-state index >= 15 is 0 Å². The summed E-state index contributed by atoms with van der Waals surface area (Å²) in [7, 11) is 0. The Morgan fingerprint density at radius 1 is 0.475 bits per heavy atom. The first-order valence-corrected chi connectivity index (χ1v) is 21.2. The van der Waals surface area contributed by atoms with Crippen molar-refractivity contribution in [2.75, 3.05) is 0 Å². The van der Waals surface area contributed by atoms with Gasteiger partial charge in [0, 0.05) is 60.7 Å². The molecule has 61 heavy (non-hydrogen) atoms. The second-order valence-electron chi connectivity index (χ2n) is 20.6. The molecule has 314 valence electrons. The zero-order valence-electron chi connectivity index (χ0n) is 37.7. The van der Waals surface area contributed by atoms with Crippen molar-refractivity contribution < 1.29 is 26.2 Å². The van der Waals surface area contributed by atoms with E-state index < -0.39 is 0 Å². The molecular weight excluding hydrogens is 926 g/mol. The van der Waals surface area contributed by atoms with Crippen LogP contribution in [0.15, 0.2) is 128 Å². The van der Waals surface area contributed by atoms with Gasteiger partial charge in [0.2, 0.25) is 0 Å². The van der Waals surface area contributed by atoms with Crippen molar-refractivity contribution in [2.24, 2.45) is 0 Å². The molecule has 0 spiro atoms. The second kappa shape index (κ2) is 15.9. The molecule has 5 aromatic carbocycles. The van der Waals surface area contributed by atoms with Crippen molar-refractivity contribution in [2.45, 2.75) is 105 Å². The van der Waals surface area contributed by atoms with Gasteiger partial charge in [-0.25, -0.2) is 0 Å². The number of benzene rings is 5. The predicted octanol–water partition coefficient (Wildman–Crippen LogP) is 14.9. The molecule has 0 saturated heterocycles. The molecule has 1 N–H and O–H groups in total. The van der Waals surface area contributed by atoms with E-state index in [9.17, 15) is 5.11 Å². The largest absolute Gasteiger partial charge is 0.507 e. The van der Waals surface area contributed by atoms with Crippen molar-refractivity contribution in [3.63, 3.8) is 0 Å². The van der Waals surface area contributed by atoms with E-state index in [1.54, 1.807) is 6.07 Å². The summed E-state index contributed by atoms with van der Waals surface area (Å²) in [5.41, 5.74) is 15.4. The summed E-state index contributed by atoms with van der Waals surface area (Å²) >= 11 is 0. The number of pyridine rings is 2. The topological polar surface area (TPSA) is 50.9 Å². The number of hydrogen-bond donors (Lipinski definition) is 1. The Kier molecular flexibility index (Phi) is 11.4. The molecule has 0 aliphatic rings. The van der Waals surface area contributed by atoms with Crippen molar-refractivity contribution >= 4 is 21.8 Å². The summed E-state index contributed by atoms with van der Waals surface area (Å²) in [6, 6.07) is 46.7. The molecule has 3 heterocycles. The average Bonchev–Trinajstić information content (AvgIpc) is 3.53. The van der Waals surface area contributed by atoms with Crippen molar-refractivity contribution in [3.05, 3.63) is 156 Å². The number of aromatic hydroxyl groups is 1. The van der Waals surface area contributed by atoms with Gasteiger partial charge in [0.1, 0.15) is 5.75 Å². The average molecular weight is 984 g/mol. The molecule has 0 unspecified atom stereocenters. The molecule has 3 aromatic heterocycles. The van der Waals surface area contributed by atoms with Gasteiger partial charge in [-0.3, -0.25) is 9.97 Å². The molecule has 0 radical (unpaired) electrons. The van der Waals surface area contributed by atoms with Crippen LogP contribution in [0.1, 0.15) is 105 Å². The number of hydrogen-bond acceptors (Lipinski definition) is 3. The quantitative estimate of drug-likeness (QED) is 0.175. The minimum absolute atomic E-state index is 0. The standard InChI is InChI=1S/C56H58N3O.Pt/c1-53(2,3)39-20-22-50-45(32-39)46-33-40(54(4,5)6)21-23-51(46)59(50)43-24-25-57-47(34-43)35-16-15-17-36(26-35)48-29-38(30-49(58-48)44-18-13-14-19-52(44)60)37-27-41(55(7,8)9)31-42(28-37)56(10,11)12;/h13-25,27-34,60H,1-12H3;/q-1;. The van der Waals surface area contributed by atoms with E-state index in [1.165, 1.54) is 44.1 Å². The third kappa shape index (κ3) is 8.75. The number of para-hydroxylation sites is 1. The van der Waals surface area contributed by atoms with Crippen LogP contribution < -0.4 is 0 Å². The first kappa shape index (κ1) is 43.8. The van der Waals surface area contributed by atoms with E-state index in [0.29, 0.717) is 11.3 Å². The smallest absolute Gasteiger partial charge is 0.124 e. The Morgan fingerprint density at radius 3 is 1.52 bits per heavy atom. The van der Waals surface area contributed by atoms with Crippen LogP contribution in [0.3, 0.4) is 0 Å². The maximum absolute atomic E-state index is 11.1. The molecule has 0 saturated carbocycles. The summed E-state index contributed by atoms with van der Waals surface area (Å²) < 4.78 is 2.37. The fraction of sp³-hybridized carbons (Fsp3) is 0.286. The number of nitrogens with zero attached hydrogens (tertiary/aromatic N) is 3. The maximum Gasteiger partial charge on any atom is 0.124 e. The van der Waals surface area contributed by atoms with Crippen molar-refractivity contribution in [1.82, 2.24) is 14.5 Å². The van der Waals surface area contributed by atoms with E-state index in [2.05, 4.69) is 191 Å². The van der Waals surface area contributed by atoms with Crippen molar-refractivity contribution in [3.8, 4) is 56.3 Å². The number of aromatic nitrogens is 3. The zero-order valence-corrected chi connectivity index (χ0v) is 40.0. The Balaban J connectivity index is 0.00000561. The minimum atomic E-state index is -0.0417. The maximum atomic E-state index is 11.1. The number of phenolic OH excluding ortho intramolecular Hbond substituents is 1. The van der Waals surface area contributed by atoms with Gasteiger partial charge in [-0.05, 0) is 110 Å². The summed E-state index contributed by atoms with van der Waals surface area (Å²) in [4.78, 5) is 10.1. The summed E-state index contributed by atoms with van der Waals surface area (Å²) in [5, 5.41) is 13.6. The molecule has 8 rings (SSSR count). The molecule has 0 amide bonds. The van der Waals surface area contributed by atoms with E-state index in [0.717, 1.165) is 39.3 Å². The van der Waals surface area contributed by atoms with E-state index in [1.807, 2.05) is 24.4 Å². The summed E-state index contributed by atoms with van der Waals surface area (Å²) in [6.07, 6.45) is 1.90. The Bertz CT molecular complexity index is 2820. The predicted molar refractivity (Wildman–Crippen MR) is 253 cm³/mol. The molecule has 0 bridgehead atoms. The van der Waals surface area contributed by atoms with Crippen molar-refractivity contribution in [1.29, 1.82) is 0 Å². The molecule has 0 aliphatic heterocycles. The molecule has 8 aromatic rings. The van der Waals surface area contributed by atoms with Crippen LogP contribution in [0.2, 0.25) is 0 Å².